The van der Waals surface area contributed by atoms with Crippen molar-refractivity contribution in [3.63, 3.8) is 0 Å². The van der Waals surface area contributed by atoms with Crippen LogP contribution in [-0.2, 0) is 18.3 Å². The molecule has 0 amide bonds. The van der Waals surface area contributed by atoms with Crippen LogP contribution >= 0.6 is 0 Å². The number of rotatable bonds is 3. The zero-order chi connectivity index (χ0) is 12.6. The maximum atomic E-state index is 12.4. The van der Waals surface area contributed by atoms with E-state index in [2.05, 4.69) is 10.3 Å². The number of alkyl halides is 3. The first-order chi connectivity index (χ1) is 7.14. The molecule has 5 nitrogen and oxygen atoms in total. The number of halogens is 3. The largest absolute Gasteiger partial charge is 0.413 e. The molecule has 0 aromatic carbocycles. The van der Waals surface area contributed by atoms with Gasteiger partial charge in [-0.25, -0.2) is 0 Å². The van der Waals surface area contributed by atoms with Crippen LogP contribution in [0.2, 0.25) is 0 Å². The first kappa shape index (κ1) is 12.6. The van der Waals surface area contributed by atoms with Crippen molar-refractivity contribution in [3.05, 3.63) is 11.9 Å². The Hall–Kier alpha value is -1.44. The predicted molar refractivity (Wildman–Crippen MR) is 48.4 cm³/mol. The Bertz CT molecular complexity index is 396. The van der Waals surface area contributed by atoms with E-state index < -0.39 is 23.9 Å². The molecular formula is C8H11F3N4O. The van der Waals surface area contributed by atoms with Crippen molar-refractivity contribution in [3.8, 4) is 0 Å². The Morgan fingerprint density at radius 1 is 1.56 bits per heavy atom. The Labute approximate surface area is 89.4 Å². The molecule has 0 saturated heterocycles. The highest BCUT2D eigenvalue weighted by Crippen LogP contribution is 2.29. The predicted octanol–water partition coefficient (Wildman–Crippen LogP) is 0.206. The van der Waals surface area contributed by atoms with Gasteiger partial charge in [0.2, 0.25) is 0 Å². The Morgan fingerprint density at radius 2 is 2.12 bits per heavy atom. The second kappa shape index (κ2) is 3.85. The number of nitrogens with two attached hydrogens (primary N) is 1. The molecule has 8 heteroatoms. The molecule has 1 unspecified atom stereocenters. The van der Waals surface area contributed by atoms with E-state index in [1.165, 1.54) is 10.9 Å². The number of aryl methyl sites for hydroxylation is 1. The van der Waals surface area contributed by atoms with Crippen molar-refractivity contribution in [2.45, 2.75) is 25.1 Å². The molecule has 0 spiro atoms. The fraction of sp³-hybridized carbons (Fsp3) is 0.625. The van der Waals surface area contributed by atoms with Gasteiger partial charge in [-0.15, -0.1) is 5.10 Å². The van der Waals surface area contributed by atoms with E-state index in [-0.39, 0.29) is 5.69 Å². The van der Waals surface area contributed by atoms with Crippen LogP contribution in [-0.4, -0.2) is 32.5 Å². The maximum Gasteiger partial charge on any atom is 0.413 e. The molecule has 1 heterocycles. The monoisotopic (exact) mass is 236 g/mol. The molecular weight excluding hydrogens is 225 g/mol. The normalized spacial score (nSPS) is 15.9. The van der Waals surface area contributed by atoms with Gasteiger partial charge in [-0.1, -0.05) is 5.21 Å². The van der Waals surface area contributed by atoms with Gasteiger partial charge in [-0.2, -0.15) is 13.2 Å². The van der Waals surface area contributed by atoms with E-state index in [4.69, 9.17) is 5.73 Å². The second-order valence-corrected chi connectivity index (χ2v) is 3.68. The Kier molecular flexibility index (Phi) is 3.04. The third-order valence-electron chi connectivity index (χ3n) is 2.16. The number of hydrogen-bond donors (Lipinski definition) is 1. The molecule has 1 atom stereocenters. The summed E-state index contributed by atoms with van der Waals surface area (Å²) in [5.41, 5.74) is 2.27. The lowest BCUT2D eigenvalue weighted by atomic mass is 9.94. The lowest BCUT2D eigenvalue weighted by Crippen LogP contribution is -2.57. The summed E-state index contributed by atoms with van der Waals surface area (Å²) in [4.78, 5) is 11.4. The summed E-state index contributed by atoms with van der Waals surface area (Å²) in [7, 11) is 1.55. The van der Waals surface area contributed by atoms with E-state index in [9.17, 15) is 18.0 Å². The van der Waals surface area contributed by atoms with E-state index in [1.54, 1.807) is 7.05 Å². The number of carbonyl (C=O) groups is 1. The van der Waals surface area contributed by atoms with Crippen molar-refractivity contribution in [1.82, 2.24) is 15.0 Å². The summed E-state index contributed by atoms with van der Waals surface area (Å²) < 4.78 is 38.5. The standard InChI is InChI=1S/C8H11F3N4O/c1-7(12,8(9,10)11)6(16)3-5-4-15(2)14-13-5/h4H,3,12H2,1-2H3. The van der Waals surface area contributed by atoms with Crippen molar-refractivity contribution < 1.29 is 18.0 Å². The highest BCUT2D eigenvalue weighted by molar-refractivity contribution is 5.90. The first-order valence-electron chi connectivity index (χ1n) is 4.38. The van der Waals surface area contributed by atoms with Crippen LogP contribution in [0.1, 0.15) is 12.6 Å². The second-order valence-electron chi connectivity index (χ2n) is 3.68. The summed E-state index contributed by atoms with van der Waals surface area (Å²) >= 11 is 0. The van der Waals surface area contributed by atoms with Gasteiger partial charge in [0, 0.05) is 13.2 Å². The molecule has 0 aliphatic carbocycles. The molecule has 2 N–H and O–H groups in total. The van der Waals surface area contributed by atoms with Gasteiger partial charge in [-0.05, 0) is 6.92 Å². The highest BCUT2D eigenvalue weighted by atomic mass is 19.4. The van der Waals surface area contributed by atoms with E-state index in [1.807, 2.05) is 0 Å². The minimum Gasteiger partial charge on any atom is -0.312 e. The molecule has 0 fully saturated rings. The van der Waals surface area contributed by atoms with Crippen LogP contribution in [0.15, 0.2) is 6.20 Å². The third kappa shape index (κ3) is 2.38. The van der Waals surface area contributed by atoms with E-state index >= 15 is 0 Å². The molecule has 90 valence electrons. The number of carbonyl (C=O) groups excluding carboxylic acids is 1. The number of aromatic nitrogens is 3. The molecule has 0 aliphatic rings. The summed E-state index contributed by atoms with van der Waals surface area (Å²) in [6, 6.07) is 0. The summed E-state index contributed by atoms with van der Waals surface area (Å²) in [5.74, 6) is -1.14. The minimum absolute atomic E-state index is 0.161. The number of nitrogens with zero attached hydrogens (tertiary/aromatic N) is 3. The average Bonchev–Trinajstić information content (AvgIpc) is 2.49. The first-order valence-corrected chi connectivity index (χ1v) is 4.38. The number of hydrogen-bond acceptors (Lipinski definition) is 4. The zero-order valence-electron chi connectivity index (χ0n) is 8.75. The lowest BCUT2D eigenvalue weighted by molar-refractivity contribution is -0.185. The van der Waals surface area contributed by atoms with Crippen molar-refractivity contribution in [2.75, 3.05) is 0 Å². The molecule has 0 bridgehead atoms. The van der Waals surface area contributed by atoms with Gasteiger partial charge in [0.25, 0.3) is 0 Å². The lowest BCUT2D eigenvalue weighted by Gasteiger charge is -2.25. The molecule has 1 aromatic heterocycles. The summed E-state index contributed by atoms with van der Waals surface area (Å²) in [6.07, 6.45) is -3.89. The van der Waals surface area contributed by atoms with Crippen LogP contribution in [0.4, 0.5) is 13.2 Å². The Balaban J connectivity index is 2.80. The SMILES string of the molecule is Cn1cc(CC(=O)C(C)(N)C(F)(F)F)nn1. The fourth-order valence-electron chi connectivity index (χ4n) is 0.982. The van der Waals surface area contributed by atoms with Gasteiger partial charge >= 0.3 is 6.18 Å². The molecule has 0 radical (unpaired) electrons. The fourth-order valence-corrected chi connectivity index (χ4v) is 0.982. The third-order valence-corrected chi connectivity index (χ3v) is 2.16. The highest BCUT2D eigenvalue weighted by Gasteiger charge is 2.53. The summed E-state index contributed by atoms with van der Waals surface area (Å²) in [6.45, 7) is 0.645. The van der Waals surface area contributed by atoms with Gasteiger partial charge < -0.3 is 5.73 Å². The minimum atomic E-state index is -4.77. The van der Waals surface area contributed by atoms with Crippen molar-refractivity contribution in [2.24, 2.45) is 12.8 Å². The van der Waals surface area contributed by atoms with Gasteiger partial charge in [0.1, 0.15) is 0 Å². The van der Waals surface area contributed by atoms with Crippen molar-refractivity contribution >= 4 is 5.78 Å². The van der Waals surface area contributed by atoms with Crippen LogP contribution in [0.3, 0.4) is 0 Å². The topological polar surface area (TPSA) is 73.8 Å². The maximum absolute atomic E-state index is 12.4. The van der Waals surface area contributed by atoms with E-state index in [0.717, 1.165) is 0 Å². The van der Waals surface area contributed by atoms with Gasteiger partial charge in [0.05, 0.1) is 12.1 Å². The van der Waals surface area contributed by atoms with Gasteiger partial charge in [0.15, 0.2) is 11.3 Å². The van der Waals surface area contributed by atoms with Crippen LogP contribution < -0.4 is 5.73 Å². The quantitative estimate of drug-likeness (QED) is 0.813. The number of ketones is 1. The van der Waals surface area contributed by atoms with Crippen LogP contribution in [0, 0.1) is 0 Å². The van der Waals surface area contributed by atoms with Crippen LogP contribution in [0.5, 0.6) is 0 Å². The molecule has 16 heavy (non-hydrogen) atoms. The van der Waals surface area contributed by atoms with E-state index in [0.29, 0.717) is 6.92 Å². The molecule has 0 saturated carbocycles. The molecule has 1 aromatic rings. The average molecular weight is 236 g/mol. The zero-order valence-corrected chi connectivity index (χ0v) is 8.75. The Morgan fingerprint density at radius 3 is 2.50 bits per heavy atom. The number of Topliss-reactive ketones (excluding diaryl/α,β-unsaturated/α-hetero) is 1. The van der Waals surface area contributed by atoms with Gasteiger partial charge in [-0.3, -0.25) is 9.48 Å². The smallest absolute Gasteiger partial charge is 0.312 e. The van der Waals surface area contributed by atoms with Crippen LogP contribution in [0.25, 0.3) is 0 Å². The molecule has 0 aliphatic heterocycles. The molecule has 1 rings (SSSR count). The van der Waals surface area contributed by atoms with Crippen molar-refractivity contribution in [1.29, 1.82) is 0 Å². The summed E-state index contributed by atoms with van der Waals surface area (Å²) in [5, 5.41) is 7.03.